The second-order valence-electron chi connectivity index (χ2n) is 3.08. The molecule has 0 saturated heterocycles. The lowest BCUT2D eigenvalue weighted by Gasteiger charge is -2.06. The maximum atomic E-state index is 6.99. The van der Waals surface area contributed by atoms with Crippen LogP contribution < -0.4 is 9.47 Å². The van der Waals surface area contributed by atoms with Gasteiger partial charge in [-0.1, -0.05) is 19.7 Å². The van der Waals surface area contributed by atoms with Crippen LogP contribution >= 0.6 is 0 Å². The molecule has 0 aromatic heterocycles. The van der Waals surface area contributed by atoms with Crippen molar-refractivity contribution < 1.29 is 10.8 Å². The minimum atomic E-state index is 0.516. The lowest BCUT2D eigenvalue weighted by Crippen LogP contribution is -1.96. The van der Waals surface area contributed by atoms with E-state index in [0.29, 0.717) is 6.90 Å². The van der Waals surface area contributed by atoms with Crippen LogP contribution in [-0.4, -0.2) is 13.7 Å². The Labute approximate surface area is 87.3 Å². The van der Waals surface area contributed by atoms with E-state index in [1.807, 2.05) is 24.3 Å². The molecule has 0 spiro atoms. The minimum absolute atomic E-state index is 0.516. The maximum Gasteiger partial charge on any atom is 0.119 e. The van der Waals surface area contributed by atoms with Crippen LogP contribution in [0, 0.1) is 0 Å². The third kappa shape index (κ3) is 3.69. The fourth-order valence-electron chi connectivity index (χ4n) is 1.14. The lowest BCUT2D eigenvalue weighted by atomic mass is 10.3. The van der Waals surface area contributed by atoms with E-state index in [0.717, 1.165) is 37.4 Å². The van der Waals surface area contributed by atoms with Gasteiger partial charge in [0.1, 0.15) is 11.5 Å². The van der Waals surface area contributed by atoms with Crippen molar-refractivity contribution in [3.63, 3.8) is 0 Å². The molecular formula is C12H18O2. The molecule has 0 radical (unpaired) electrons. The average Bonchev–Trinajstić information content (AvgIpc) is 2.30. The third-order valence-corrected chi connectivity index (χ3v) is 1.97. The minimum Gasteiger partial charge on any atom is -0.497 e. The van der Waals surface area contributed by atoms with Crippen LogP contribution in [-0.2, 0) is 0 Å². The highest BCUT2D eigenvalue weighted by Gasteiger charge is 1.94. The van der Waals surface area contributed by atoms with Crippen molar-refractivity contribution in [3.05, 3.63) is 24.3 Å². The second kappa shape index (κ2) is 6.30. The standard InChI is InChI=1S/C12H18O2/c1-3-4-5-10-14-12-8-6-11(13-2)7-9-12/h6-9H,3-5,10H2,1-2H3/i1D. The summed E-state index contributed by atoms with van der Waals surface area (Å²) in [5, 5.41) is 0. The summed E-state index contributed by atoms with van der Waals surface area (Å²) < 4.78 is 17.6. The molecular weight excluding hydrogens is 176 g/mol. The van der Waals surface area contributed by atoms with E-state index in [9.17, 15) is 0 Å². The van der Waals surface area contributed by atoms with Crippen molar-refractivity contribution in [2.75, 3.05) is 13.7 Å². The lowest BCUT2D eigenvalue weighted by molar-refractivity contribution is 0.305. The highest BCUT2D eigenvalue weighted by atomic mass is 16.5. The summed E-state index contributed by atoms with van der Waals surface area (Å²) in [6.45, 7) is 1.24. The van der Waals surface area contributed by atoms with Gasteiger partial charge < -0.3 is 9.47 Å². The first-order valence-corrected chi connectivity index (χ1v) is 4.93. The zero-order valence-corrected chi connectivity index (χ0v) is 8.66. The van der Waals surface area contributed by atoms with E-state index < -0.39 is 0 Å². The molecule has 0 atom stereocenters. The van der Waals surface area contributed by atoms with Gasteiger partial charge in [-0.25, -0.2) is 0 Å². The van der Waals surface area contributed by atoms with Crippen LogP contribution in [0.3, 0.4) is 0 Å². The highest BCUT2D eigenvalue weighted by Crippen LogP contribution is 2.17. The highest BCUT2D eigenvalue weighted by molar-refractivity contribution is 5.30. The Morgan fingerprint density at radius 2 is 1.86 bits per heavy atom. The van der Waals surface area contributed by atoms with Crippen LogP contribution in [0.4, 0.5) is 0 Å². The Hall–Kier alpha value is -1.18. The Balaban J connectivity index is 2.20. The number of benzene rings is 1. The molecule has 78 valence electrons. The molecule has 0 fully saturated rings. The van der Waals surface area contributed by atoms with Crippen LogP contribution in [0.5, 0.6) is 11.5 Å². The van der Waals surface area contributed by atoms with E-state index in [1.165, 1.54) is 0 Å². The van der Waals surface area contributed by atoms with Crippen LogP contribution in [0.25, 0.3) is 0 Å². The SMILES string of the molecule is [2H]CCCCCOc1ccc(OC)cc1. The zero-order chi connectivity index (χ0) is 10.9. The fourth-order valence-corrected chi connectivity index (χ4v) is 1.14. The molecule has 0 unspecified atom stereocenters. The predicted molar refractivity (Wildman–Crippen MR) is 58.0 cm³/mol. The Kier molecular flexibility index (Phi) is 4.22. The molecule has 0 aliphatic heterocycles. The molecule has 14 heavy (non-hydrogen) atoms. The number of unbranched alkanes of at least 4 members (excludes halogenated alkanes) is 2. The van der Waals surface area contributed by atoms with Crippen molar-refractivity contribution in [2.24, 2.45) is 0 Å². The summed E-state index contributed by atoms with van der Waals surface area (Å²) in [7, 11) is 1.65. The van der Waals surface area contributed by atoms with Crippen molar-refractivity contribution in [1.82, 2.24) is 0 Å². The smallest absolute Gasteiger partial charge is 0.119 e. The summed E-state index contributed by atoms with van der Waals surface area (Å²) >= 11 is 0. The monoisotopic (exact) mass is 195 g/mol. The van der Waals surface area contributed by atoms with E-state index in [2.05, 4.69) is 0 Å². The van der Waals surface area contributed by atoms with Crippen LogP contribution in [0.2, 0.25) is 0 Å². The van der Waals surface area contributed by atoms with Crippen LogP contribution in [0.1, 0.15) is 27.5 Å². The average molecular weight is 195 g/mol. The summed E-state index contributed by atoms with van der Waals surface area (Å²) in [6, 6.07) is 7.59. The van der Waals surface area contributed by atoms with E-state index in [-0.39, 0.29) is 0 Å². The summed E-state index contributed by atoms with van der Waals surface area (Å²) in [4.78, 5) is 0. The van der Waals surface area contributed by atoms with Crippen molar-refractivity contribution >= 4 is 0 Å². The molecule has 0 N–H and O–H groups in total. The first-order chi connectivity index (χ1) is 7.36. The van der Waals surface area contributed by atoms with Gasteiger partial charge in [0.05, 0.1) is 13.7 Å². The molecule has 0 saturated carbocycles. The Morgan fingerprint density at radius 3 is 2.50 bits per heavy atom. The number of rotatable bonds is 6. The quantitative estimate of drug-likeness (QED) is 0.649. The van der Waals surface area contributed by atoms with Gasteiger partial charge in [0.2, 0.25) is 0 Å². The van der Waals surface area contributed by atoms with Gasteiger partial charge in [0.15, 0.2) is 0 Å². The first-order valence-electron chi connectivity index (χ1n) is 5.63. The molecule has 1 rings (SSSR count). The predicted octanol–water partition coefficient (Wildman–Crippen LogP) is 3.26. The largest absolute Gasteiger partial charge is 0.497 e. The zero-order valence-electron chi connectivity index (χ0n) is 9.66. The summed E-state index contributed by atoms with van der Waals surface area (Å²) in [5.41, 5.74) is 0. The van der Waals surface area contributed by atoms with Crippen molar-refractivity contribution in [2.45, 2.75) is 26.2 Å². The van der Waals surface area contributed by atoms with Gasteiger partial charge in [-0.15, -0.1) is 0 Å². The van der Waals surface area contributed by atoms with Crippen molar-refractivity contribution in [3.8, 4) is 11.5 Å². The second-order valence-corrected chi connectivity index (χ2v) is 3.08. The van der Waals surface area contributed by atoms with Gasteiger partial charge in [0, 0.05) is 1.37 Å². The number of methoxy groups -OCH3 is 1. The number of ether oxygens (including phenoxy) is 2. The van der Waals surface area contributed by atoms with Gasteiger partial charge >= 0.3 is 0 Å². The first kappa shape index (κ1) is 9.38. The molecule has 0 aliphatic rings. The molecule has 1 aromatic rings. The Bertz CT molecular complexity index is 259. The van der Waals surface area contributed by atoms with E-state index >= 15 is 0 Å². The molecule has 0 bridgehead atoms. The normalized spacial score (nSPS) is 10.8. The van der Waals surface area contributed by atoms with E-state index in [4.69, 9.17) is 10.8 Å². The molecule has 0 aliphatic carbocycles. The van der Waals surface area contributed by atoms with E-state index in [1.54, 1.807) is 7.11 Å². The topological polar surface area (TPSA) is 18.5 Å². The van der Waals surface area contributed by atoms with Gasteiger partial charge in [-0.05, 0) is 30.7 Å². The van der Waals surface area contributed by atoms with Gasteiger partial charge in [0.25, 0.3) is 0 Å². The molecule has 2 nitrogen and oxygen atoms in total. The van der Waals surface area contributed by atoms with Crippen LogP contribution in [0.15, 0.2) is 24.3 Å². The maximum absolute atomic E-state index is 6.99. The van der Waals surface area contributed by atoms with Crippen molar-refractivity contribution in [1.29, 1.82) is 0 Å². The summed E-state index contributed by atoms with van der Waals surface area (Å²) in [6.07, 6.45) is 3.05. The fraction of sp³-hybridized carbons (Fsp3) is 0.500. The Morgan fingerprint density at radius 1 is 1.14 bits per heavy atom. The van der Waals surface area contributed by atoms with Gasteiger partial charge in [-0.2, -0.15) is 0 Å². The molecule has 0 heterocycles. The number of hydrogen-bond acceptors (Lipinski definition) is 2. The van der Waals surface area contributed by atoms with Gasteiger partial charge in [-0.3, -0.25) is 0 Å². The third-order valence-electron chi connectivity index (χ3n) is 1.97. The molecule has 2 heteroatoms. The molecule has 1 aromatic carbocycles. The number of hydrogen-bond donors (Lipinski definition) is 0. The molecule has 0 amide bonds. The summed E-state index contributed by atoms with van der Waals surface area (Å²) in [5.74, 6) is 1.72.